The third-order valence-electron chi connectivity index (χ3n) is 2.28. The number of hydrogen-bond acceptors (Lipinski definition) is 3. The van der Waals surface area contributed by atoms with Crippen molar-refractivity contribution >= 4 is 11.7 Å². The maximum Gasteiger partial charge on any atom is 0.258 e. The van der Waals surface area contributed by atoms with Crippen LogP contribution in [0.4, 0.5) is 4.39 Å². The lowest BCUT2D eigenvalue weighted by Gasteiger charge is -2.16. The standard InChI is InChI=1S/C12H14FNO3/c1-3-10(12(14)16)17-11-6-8(13)4-5-9(11)7(2)15/h4-6,10H,3H2,1-2H3,(H2,14,16). The predicted molar refractivity (Wildman–Crippen MR) is 60.3 cm³/mol. The number of rotatable bonds is 5. The normalized spacial score (nSPS) is 11.9. The lowest BCUT2D eigenvalue weighted by Crippen LogP contribution is -2.33. The minimum Gasteiger partial charge on any atom is -0.480 e. The van der Waals surface area contributed by atoms with Crippen molar-refractivity contribution in [3.05, 3.63) is 29.6 Å². The van der Waals surface area contributed by atoms with Crippen molar-refractivity contribution in [3.63, 3.8) is 0 Å². The molecule has 0 aliphatic carbocycles. The fourth-order valence-electron chi connectivity index (χ4n) is 1.38. The minimum absolute atomic E-state index is 0.0446. The van der Waals surface area contributed by atoms with Gasteiger partial charge >= 0.3 is 0 Å². The summed E-state index contributed by atoms with van der Waals surface area (Å²) in [5.74, 6) is -1.40. The first-order valence-electron chi connectivity index (χ1n) is 5.22. The van der Waals surface area contributed by atoms with Gasteiger partial charge in [0.1, 0.15) is 11.6 Å². The van der Waals surface area contributed by atoms with Crippen molar-refractivity contribution in [1.29, 1.82) is 0 Å². The Balaban J connectivity index is 3.07. The number of ether oxygens (including phenoxy) is 1. The van der Waals surface area contributed by atoms with Crippen LogP contribution in [0.3, 0.4) is 0 Å². The molecule has 0 radical (unpaired) electrons. The molecule has 92 valence electrons. The molecular weight excluding hydrogens is 225 g/mol. The topological polar surface area (TPSA) is 69.4 Å². The highest BCUT2D eigenvalue weighted by atomic mass is 19.1. The second-order valence-corrected chi connectivity index (χ2v) is 3.61. The zero-order chi connectivity index (χ0) is 13.0. The van der Waals surface area contributed by atoms with Crippen LogP contribution in [0.1, 0.15) is 30.6 Å². The van der Waals surface area contributed by atoms with Crippen molar-refractivity contribution in [2.24, 2.45) is 5.73 Å². The van der Waals surface area contributed by atoms with E-state index in [1.54, 1.807) is 6.92 Å². The summed E-state index contributed by atoms with van der Waals surface area (Å²) in [4.78, 5) is 22.3. The summed E-state index contributed by atoms with van der Waals surface area (Å²) in [5, 5.41) is 0. The number of halogens is 1. The van der Waals surface area contributed by atoms with Gasteiger partial charge in [0.15, 0.2) is 11.9 Å². The Kier molecular flexibility index (Phi) is 4.20. The molecule has 4 nitrogen and oxygen atoms in total. The Bertz CT molecular complexity index is 445. The van der Waals surface area contributed by atoms with Crippen molar-refractivity contribution < 1.29 is 18.7 Å². The van der Waals surface area contributed by atoms with Crippen LogP contribution in [0, 0.1) is 5.82 Å². The highest BCUT2D eigenvalue weighted by molar-refractivity contribution is 5.96. The smallest absolute Gasteiger partial charge is 0.258 e. The van der Waals surface area contributed by atoms with Crippen LogP contribution < -0.4 is 10.5 Å². The summed E-state index contributed by atoms with van der Waals surface area (Å²) >= 11 is 0. The van der Waals surface area contributed by atoms with Gasteiger partial charge < -0.3 is 10.5 Å². The minimum atomic E-state index is -0.866. The maximum absolute atomic E-state index is 13.1. The van der Waals surface area contributed by atoms with Gasteiger partial charge in [0.25, 0.3) is 5.91 Å². The van der Waals surface area contributed by atoms with E-state index in [1.165, 1.54) is 13.0 Å². The first-order valence-corrected chi connectivity index (χ1v) is 5.22. The molecule has 0 saturated carbocycles. The summed E-state index contributed by atoms with van der Waals surface area (Å²) in [6.07, 6.45) is -0.515. The second kappa shape index (κ2) is 5.43. The third-order valence-corrected chi connectivity index (χ3v) is 2.28. The molecule has 0 aromatic heterocycles. The van der Waals surface area contributed by atoms with Gasteiger partial charge in [-0.05, 0) is 25.5 Å². The Hall–Kier alpha value is -1.91. The molecule has 1 aromatic rings. The molecule has 17 heavy (non-hydrogen) atoms. The van der Waals surface area contributed by atoms with E-state index < -0.39 is 17.8 Å². The van der Waals surface area contributed by atoms with Crippen molar-refractivity contribution in [3.8, 4) is 5.75 Å². The summed E-state index contributed by atoms with van der Waals surface area (Å²) in [5.41, 5.74) is 5.34. The van der Waals surface area contributed by atoms with Gasteiger partial charge in [0, 0.05) is 6.07 Å². The van der Waals surface area contributed by atoms with Crippen LogP contribution in [0.15, 0.2) is 18.2 Å². The van der Waals surface area contributed by atoms with E-state index in [0.29, 0.717) is 6.42 Å². The molecule has 2 N–H and O–H groups in total. The zero-order valence-electron chi connectivity index (χ0n) is 9.70. The molecule has 0 spiro atoms. The van der Waals surface area contributed by atoms with Gasteiger partial charge in [-0.3, -0.25) is 9.59 Å². The van der Waals surface area contributed by atoms with Crippen LogP contribution in [-0.4, -0.2) is 17.8 Å². The van der Waals surface area contributed by atoms with Gasteiger partial charge in [-0.2, -0.15) is 0 Å². The molecular formula is C12H14FNO3. The zero-order valence-corrected chi connectivity index (χ0v) is 9.70. The first-order chi connectivity index (χ1) is 7.95. The average molecular weight is 239 g/mol. The van der Waals surface area contributed by atoms with Crippen molar-refractivity contribution in [2.75, 3.05) is 0 Å². The van der Waals surface area contributed by atoms with Crippen LogP contribution in [0.25, 0.3) is 0 Å². The summed E-state index contributed by atoms with van der Waals surface area (Å²) in [6, 6.07) is 3.55. The molecule has 0 bridgehead atoms. The molecule has 0 heterocycles. The average Bonchev–Trinajstić information content (AvgIpc) is 2.25. The van der Waals surface area contributed by atoms with Gasteiger partial charge in [-0.25, -0.2) is 4.39 Å². The molecule has 1 aromatic carbocycles. The van der Waals surface area contributed by atoms with Crippen molar-refractivity contribution in [2.45, 2.75) is 26.4 Å². The number of Topliss-reactive ketones (excluding diaryl/α,β-unsaturated/α-hetero) is 1. The molecule has 1 unspecified atom stereocenters. The van der Waals surface area contributed by atoms with Gasteiger partial charge in [-0.1, -0.05) is 6.92 Å². The number of benzene rings is 1. The number of hydrogen-bond donors (Lipinski definition) is 1. The molecule has 1 amide bonds. The quantitative estimate of drug-likeness (QED) is 0.794. The van der Waals surface area contributed by atoms with E-state index >= 15 is 0 Å². The highest BCUT2D eigenvalue weighted by Crippen LogP contribution is 2.22. The van der Waals surface area contributed by atoms with E-state index in [1.807, 2.05) is 0 Å². The molecule has 5 heteroatoms. The van der Waals surface area contributed by atoms with Crippen LogP contribution in [0.5, 0.6) is 5.75 Å². The number of amides is 1. The Morgan fingerprint density at radius 2 is 2.12 bits per heavy atom. The second-order valence-electron chi connectivity index (χ2n) is 3.61. The van der Waals surface area contributed by atoms with E-state index in [-0.39, 0.29) is 17.1 Å². The fourth-order valence-corrected chi connectivity index (χ4v) is 1.38. The van der Waals surface area contributed by atoms with Gasteiger partial charge in [-0.15, -0.1) is 0 Å². The first kappa shape index (κ1) is 13.2. The molecule has 1 atom stereocenters. The van der Waals surface area contributed by atoms with E-state index in [0.717, 1.165) is 12.1 Å². The third kappa shape index (κ3) is 3.27. The van der Waals surface area contributed by atoms with E-state index in [2.05, 4.69) is 0 Å². The van der Waals surface area contributed by atoms with Gasteiger partial charge in [0.2, 0.25) is 0 Å². The van der Waals surface area contributed by atoms with E-state index in [4.69, 9.17) is 10.5 Å². The summed E-state index contributed by atoms with van der Waals surface area (Å²) < 4.78 is 18.3. The largest absolute Gasteiger partial charge is 0.480 e. The molecule has 0 saturated heterocycles. The Morgan fingerprint density at radius 1 is 1.47 bits per heavy atom. The molecule has 1 rings (SSSR count). The summed E-state index contributed by atoms with van der Waals surface area (Å²) in [7, 11) is 0. The number of ketones is 1. The van der Waals surface area contributed by atoms with E-state index in [9.17, 15) is 14.0 Å². The number of carbonyl (C=O) groups is 2. The Morgan fingerprint density at radius 3 is 2.59 bits per heavy atom. The van der Waals surface area contributed by atoms with Crippen LogP contribution >= 0.6 is 0 Å². The number of primary amides is 1. The van der Waals surface area contributed by atoms with Crippen molar-refractivity contribution in [1.82, 2.24) is 0 Å². The maximum atomic E-state index is 13.1. The molecule has 0 fully saturated rings. The molecule has 0 aliphatic heterocycles. The number of carbonyl (C=O) groups excluding carboxylic acids is 2. The SMILES string of the molecule is CCC(Oc1cc(F)ccc1C(C)=O)C(N)=O. The van der Waals surface area contributed by atoms with Crippen LogP contribution in [0.2, 0.25) is 0 Å². The predicted octanol–water partition coefficient (Wildman–Crippen LogP) is 1.67. The van der Waals surface area contributed by atoms with Gasteiger partial charge in [0.05, 0.1) is 5.56 Å². The lowest BCUT2D eigenvalue weighted by atomic mass is 10.1. The van der Waals surface area contributed by atoms with Crippen LogP contribution in [-0.2, 0) is 4.79 Å². The monoisotopic (exact) mass is 239 g/mol. The summed E-state index contributed by atoms with van der Waals surface area (Å²) in [6.45, 7) is 3.05. The fraction of sp³-hybridized carbons (Fsp3) is 0.333. The number of nitrogens with two attached hydrogens (primary N) is 1. The Labute approximate surface area is 98.6 Å². The molecule has 0 aliphatic rings. The highest BCUT2D eigenvalue weighted by Gasteiger charge is 2.18. The lowest BCUT2D eigenvalue weighted by molar-refractivity contribution is -0.124.